The Bertz CT molecular complexity index is 1050. The molecule has 1 amide bonds. The molecule has 2 aromatic carbocycles. The molecule has 0 unspecified atom stereocenters. The maximum Gasteiger partial charge on any atom is 0.233 e. The second kappa shape index (κ2) is 10.9. The molecule has 0 spiro atoms. The van der Waals surface area contributed by atoms with Crippen LogP contribution < -0.4 is 4.90 Å². The first-order valence-electron chi connectivity index (χ1n) is 11.2. The van der Waals surface area contributed by atoms with Gasteiger partial charge in [0.25, 0.3) is 0 Å². The predicted molar refractivity (Wildman–Crippen MR) is 132 cm³/mol. The van der Waals surface area contributed by atoms with E-state index in [-0.39, 0.29) is 12.0 Å². The Balaban J connectivity index is 1.43. The van der Waals surface area contributed by atoms with Gasteiger partial charge in [0, 0.05) is 52.1 Å². The molecule has 7 nitrogen and oxygen atoms in total. The normalized spacial score (nSPS) is 15.5. The van der Waals surface area contributed by atoms with Crippen LogP contribution in [0.25, 0.3) is 11.4 Å². The van der Waals surface area contributed by atoms with Crippen molar-refractivity contribution in [3.8, 4) is 11.4 Å². The van der Waals surface area contributed by atoms with Gasteiger partial charge in [-0.15, -0.1) is 10.2 Å². The number of hydrogen-bond acceptors (Lipinski definition) is 6. The van der Waals surface area contributed by atoms with E-state index in [0.717, 1.165) is 47.2 Å². The van der Waals surface area contributed by atoms with Gasteiger partial charge in [0.05, 0.1) is 11.9 Å². The smallest absolute Gasteiger partial charge is 0.233 e. The summed E-state index contributed by atoms with van der Waals surface area (Å²) < 4.78 is 7.76. The van der Waals surface area contributed by atoms with Gasteiger partial charge in [-0.05, 0) is 30.5 Å². The summed E-state index contributed by atoms with van der Waals surface area (Å²) in [5.74, 6) is 1.18. The fraction of sp³-hybridized carbons (Fsp3) is 0.400. The number of ether oxygens (including phenoxy) is 1. The summed E-state index contributed by atoms with van der Waals surface area (Å²) in [6.45, 7) is 1.96. The molecule has 4 rings (SSSR count). The minimum absolute atomic E-state index is 0.0800. The zero-order valence-electron chi connectivity index (χ0n) is 19.5. The zero-order chi connectivity index (χ0) is 23.2. The Morgan fingerprint density at radius 3 is 2.55 bits per heavy atom. The van der Waals surface area contributed by atoms with Crippen molar-refractivity contribution in [2.24, 2.45) is 7.05 Å². The lowest BCUT2D eigenvalue weighted by molar-refractivity contribution is -0.130. The topological polar surface area (TPSA) is 63.5 Å². The van der Waals surface area contributed by atoms with Crippen LogP contribution in [0.3, 0.4) is 0 Å². The van der Waals surface area contributed by atoms with Crippen LogP contribution in [0.5, 0.6) is 0 Å². The molecule has 0 N–H and O–H groups in total. The molecule has 1 saturated heterocycles. The average molecular weight is 466 g/mol. The van der Waals surface area contributed by atoms with E-state index in [4.69, 9.17) is 4.74 Å². The molecular weight excluding hydrogens is 434 g/mol. The number of aromatic nitrogens is 3. The van der Waals surface area contributed by atoms with Crippen LogP contribution in [0.2, 0.25) is 0 Å². The van der Waals surface area contributed by atoms with Crippen molar-refractivity contribution in [1.29, 1.82) is 0 Å². The summed E-state index contributed by atoms with van der Waals surface area (Å²) in [6, 6.07) is 18.3. The van der Waals surface area contributed by atoms with Gasteiger partial charge < -0.3 is 19.1 Å². The first-order chi connectivity index (χ1) is 16.0. The van der Waals surface area contributed by atoms with Crippen molar-refractivity contribution < 1.29 is 9.53 Å². The van der Waals surface area contributed by atoms with Gasteiger partial charge in [0.2, 0.25) is 5.91 Å². The van der Waals surface area contributed by atoms with Crippen LogP contribution in [0.4, 0.5) is 5.69 Å². The highest BCUT2D eigenvalue weighted by Crippen LogP contribution is 2.24. The second-order valence-corrected chi connectivity index (χ2v) is 9.43. The highest BCUT2D eigenvalue weighted by molar-refractivity contribution is 7.99. The Kier molecular flexibility index (Phi) is 7.67. The summed E-state index contributed by atoms with van der Waals surface area (Å²) in [7, 11) is 5.98. The molecule has 0 saturated carbocycles. The summed E-state index contributed by atoms with van der Waals surface area (Å²) >= 11 is 1.42. The number of rotatable bonds is 9. The summed E-state index contributed by atoms with van der Waals surface area (Å²) in [5.41, 5.74) is 3.26. The minimum Gasteiger partial charge on any atom is -0.378 e. The number of benzene rings is 2. The number of thioether (sulfide) groups is 1. The third-order valence-electron chi connectivity index (χ3n) is 5.82. The van der Waals surface area contributed by atoms with Gasteiger partial charge in [0.15, 0.2) is 11.0 Å². The van der Waals surface area contributed by atoms with E-state index >= 15 is 0 Å². The van der Waals surface area contributed by atoms with E-state index in [1.54, 1.807) is 0 Å². The molecule has 1 fully saturated rings. The van der Waals surface area contributed by atoms with Crippen LogP contribution in [0, 0.1) is 0 Å². The number of hydrogen-bond donors (Lipinski definition) is 0. The Morgan fingerprint density at radius 1 is 1.12 bits per heavy atom. The summed E-state index contributed by atoms with van der Waals surface area (Å²) in [4.78, 5) is 17.2. The van der Waals surface area contributed by atoms with Crippen molar-refractivity contribution >= 4 is 23.4 Å². The largest absolute Gasteiger partial charge is 0.378 e. The first kappa shape index (κ1) is 23.3. The summed E-state index contributed by atoms with van der Waals surface area (Å²) in [5, 5.41) is 9.37. The first-order valence-corrected chi connectivity index (χ1v) is 12.2. The molecule has 0 bridgehead atoms. The number of carbonyl (C=O) groups excluding carboxylic acids is 1. The van der Waals surface area contributed by atoms with Crippen molar-refractivity contribution in [3.63, 3.8) is 0 Å². The third kappa shape index (κ3) is 5.94. The number of anilines is 1. The van der Waals surface area contributed by atoms with E-state index in [1.165, 1.54) is 11.8 Å². The minimum atomic E-state index is 0.0800. The third-order valence-corrected chi connectivity index (χ3v) is 6.82. The molecule has 3 aromatic rings. The van der Waals surface area contributed by atoms with Crippen LogP contribution in [0.1, 0.15) is 18.4 Å². The van der Waals surface area contributed by atoms with E-state index in [1.807, 2.05) is 60.9 Å². The Labute approximate surface area is 199 Å². The molecular formula is C25H31N5O2S. The van der Waals surface area contributed by atoms with Crippen LogP contribution in [0.15, 0.2) is 59.8 Å². The molecule has 0 aliphatic carbocycles. The predicted octanol–water partition coefficient (Wildman–Crippen LogP) is 3.85. The molecule has 2 heterocycles. The monoisotopic (exact) mass is 465 g/mol. The summed E-state index contributed by atoms with van der Waals surface area (Å²) in [6.07, 6.45) is 2.17. The van der Waals surface area contributed by atoms with Gasteiger partial charge in [-0.25, -0.2) is 0 Å². The molecule has 33 heavy (non-hydrogen) atoms. The number of amides is 1. The second-order valence-electron chi connectivity index (χ2n) is 8.49. The fourth-order valence-corrected chi connectivity index (χ4v) is 4.72. The SMILES string of the molecule is CN(C)c1ccc(CN(C[C@H]2CCCO2)C(=O)CSc2nnc(-c3ccccc3)n2C)cc1. The van der Waals surface area contributed by atoms with Crippen molar-refractivity contribution in [3.05, 3.63) is 60.2 Å². The lowest BCUT2D eigenvalue weighted by Gasteiger charge is -2.26. The molecule has 8 heteroatoms. The van der Waals surface area contributed by atoms with Gasteiger partial charge in [-0.2, -0.15) is 0 Å². The molecule has 0 radical (unpaired) electrons. The standard InChI is InChI=1S/C25H31N5O2S/c1-28(2)21-13-11-19(12-14-21)16-30(17-22-10-7-15-32-22)23(31)18-33-25-27-26-24(29(25)3)20-8-5-4-6-9-20/h4-6,8-9,11-14,22H,7,10,15-18H2,1-3H3/t22-/m1/s1. The highest BCUT2D eigenvalue weighted by Gasteiger charge is 2.23. The van der Waals surface area contributed by atoms with E-state index in [0.29, 0.717) is 18.8 Å². The Hall–Kier alpha value is -2.84. The lowest BCUT2D eigenvalue weighted by atomic mass is 10.1. The van der Waals surface area contributed by atoms with Crippen molar-refractivity contribution in [2.75, 3.05) is 37.9 Å². The molecule has 1 aliphatic heterocycles. The quantitative estimate of drug-likeness (QED) is 0.448. The maximum absolute atomic E-state index is 13.3. The maximum atomic E-state index is 13.3. The zero-order valence-corrected chi connectivity index (χ0v) is 20.3. The highest BCUT2D eigenvalue weighted by atomic mass is 32.2. The van der Waals surface area contributed by atoms with Gasteiger partial charge >= 0.3 is 0 Å². The van der Waals surface area contributed by atoms with Crippen molar-refractivity contribution in [2.45, 2.75) is 30.6 Å². The molecule has 174 valence electrons. The van der Waals surface area contributed by atoms with E-state index < -0.39 is 0 Å². The van der Waals surface area contributed by atoms with Crippen LogP contribution in [-0.2, 0) is 23.1 Å². The van der Waals surface area contributed by atoms with Gasteiger partial charge in [0.1, 0.15) is 0 Å². The lowest BCUT2D eigenvalue weighted by Crippen LogP contribution is -2.38. The van der Waals surface area contributed by atoms with Crippen LogP contribution >= 0.6 is 11.8 Å². The molecule has 1 aliphatic rings. The molecule has 1 atom stereocenters. The number of carbonyl (C=O) groups is 1. The van der Waals surface area contributed by atoms with E-state index in [2.05, 4.69) is 39.4 Å². The Morgan fingerprint density at radius 2 is 1.88 bits per heavy atom. The average Bonchev–Trinajstić information content (AvgIpc) is 3.47. The van der Waals surface area contributed by atoms with Crippen LogP contribution in [-0.4, -0.2) is 64.7 Å². The molecule has 1 aromatic heterocycles. The van der Waals surface area contributed by atoms with Gasteiger partial charge in [-0.1, -0.05) is 54.2 Å². The van der Waals surface area contributed by atoms with Gasteiger partial charge in [-0.3, -0.25) is 4.79 Å². The number of nitrogens with zero attached hydrogens (tertiary/aromatic N) is 5. The van der Waals surface area contributed by atoms with E-state index in [9.17, 15) is 4.79 Å². The fourth-order valence-electron chi connectivity index (χ4n) is 3.91. The van der Waals surface area contributed by atoms with Crippen molar-refractivity contribution in [1.82, 2.24) is 19.7 Å².